The van der Waals surface area contributed by atoms with E-state index >= 15 is 0 Å². The highest BCUT2D eigenvalue weighted by atomic mass is 16.7. The van der Waals surface area contributed by atoms with Crippen molar-refractivity contribution < 1.29 is 10.1 Å². The molecule has 7 nitrogen and oxygen atoms in total. The number of likely N-dealkylation sites (N-methyl/N-ethyl adjacent to an activating group) is 1. The van der Waals surface area contributed by atoms with E-state index in [1.165, 1.54) is 0 Å². The summed E-state index contributed by atoms with van der Waals surface area (Å²) in [5.74, 6) is 0. The monoisotopic (exact) mass is 314 g/mol. The maximum Gasteiger partial charge on any atom is 0.203 e. The Morgan fingerprint density at radius 1 is 1.09 bits per heavy atom. The van der Waals surface area contributed by atoms with E-state index in [9.17, 15) is 10.1 Å². The lowest BCUT2D eigenvalue weighted by Gasteiger charge is -2.22. The number of hydrogen-bond donors (Lipinski definition) is 1. The van der Waals surface area contributed by atoms with Gasteiger partial charge in [-0.05, 0) is 54.4 Å². The van der Waals surface area contributed by atoms with Crippen molar-refractivity contribution in [3.05, 3.63) is 58.6 Å². The summed E-state index contributed by atoms with van der Waals surface area (Å²) in [6.07, 6.45) is 0. The van der Waals surface area contributed by atoms with Crippen LogP contribution in [0.15, 0.2) is 58.9 Å². The molecule has 2 rings (SSSR count). The summed E-state index contributed by atoms with van der Waals surface area (Å²) in [6.45, 7) is 3.60. The third-order valence-electron chi connectivity index (χ3n) is 3.42. The van der Waals surface area contributed by atoms with Gasteiger partial charge in [-0.3, -0.25) is 0 Å². The SMILES string of the molecule is CCN(CCO)c1ccc(-c2ccc(N=N[N+](=O)[O-])cc2)cc1. The van der Waals surface area contributed by atoms with E-state index in [1.54, 1.807) is 12.1 Å². The fourth-order valence-corrected chi connectivity index (χ4v) is 2.26. The second-order valence-electron chi connectivity index (χ2n) is 4.82. The van der Waals surface area contributed by atoms with Gasteiger partial charge in [0.25, 0.3) is 0 Å². The van der Waals surface area contributed by atoms with Crippen LogP contribution in [0.3, 0.4) is 0 Å². The molecule has 0 spiro atoms. The molecule has 2 aromatic rings. The van der Waals surface area contributed by atoms with Gasteiger partial charge in [0, 0.05) is 18.8 Å². The van der Waals surface area contributed by atoms with Crippen molar-refractivity contribution in [2.45, 2.75) is 6.92 Å². The van der Waals surface area contributed by atoms with Crippen molar-refractivity contribution in [1.82, 2.24) is 0 Å². The summed E-state index contributed by atoms with van der Waals surface area (Å²) in [5.41, 5.74) is 3.51. The standard InChI is InChI=1S/C16H18N4O3/c1-2-19(11-12-21)16-9-5-14(6-10-16)13-3-7-15(8-4-13)17-18-20(22)23/h3-10,21H,2,11-12H2,1H3. The lowest BCUT2D eigenvalue weighted by Crippen LogP contribution is -2.25. The van der Waals surface area contributed by atoms with Crippen LogP contribution in [0.2, 0.25) is 0 Å². The summed E-state index contributed by atoms with van der Waals surface area (Å²) in [7, 11) is 0. The maximum absolute atomic E-state index is 10.1. The van der Waals surface area contributed by atoms with Gasteiger partial charge in [-0.2, -0.15) is 0 Å². The highest BCUT2D eigenvalue weighted by Crippen LogP contribution is 2.25. The van der Waals surface area contributed by atoms with Crippen LogP contribution in [-0.4, -0.2) is 29.8 Å². The molecule has 0 atom stereocenters. The van der Waals surface area contributed by atoms with Crippen LogP contribution in [0.4, 0.5) is 11.4 Å². The van der Waals surface area contributed by atoms with Crippen LogP contribution in [0, 0.1) is 10.1 Å². The third-order valence-corrected chi connectivity index (χ3v) is 3.42. The molecule has 0 bridgehead atoms. The quantitative estimate of drug-likeness (QED) is 0.481. The van der Waals surface area contributed by atoms with Gasteiger partial charge in [-0.1, -0.05) is 12.1 Å². The molecular weight excluding hydrogens is 296 g/mol. The first-order valence-electron chi connectivity index (χ1n) is 7.26. The average Bonchev–Trinajstić information content (AvgIpc) is 2.58. The minimum Gasteiger partial charge on any atom is -0.395 e. The molecule has 0 saturated heterocycles. The summed E-state index contributed by atoms with van der Waals surface area (Å²) in [6, 6.07) is 15.1. The van der Waals surface area contributed by atoms with Gasteiger partial charge in [0.2, 0.25) is 5.69 Å². The molecule has 2 aromatic carbocycles. The van der Waals surface area contributed by atoms with Crippen molar-refractivity contribution in [2.75, 3.05) is 24.6 Å². The largest absolute Gasteiger partial charge is 0.395 e. The van der Waals surface area contributed by atoms with Gasteiger partial charge >= 0.3 is 0 Å². The second kappa shape index (κ2) is 8.00. The number of aliphatic hydroxyl groups excluding tert-OH is 1. The van der Waals surface area contributed by atoms with Crippen LogP contribution in [0.5, 0.6) is 0 Å². The molecule has 0 aliphatic carbocycles. The Hall–Kier alpha value is -2.80. The van der Waals surface area contributed by atoms with Crippen LogP contribution in [0.1, 0.15) is 6.92 Å². The molecular formula is C16H18N4O3. The zero-order valence-electron chi connectivity index (χ0n) is 12.8. The summed E-state index contributed by atoms with van der Waals surface area (Å²) >= 11 is 0. The molecule has 120 valence electrons. The molecule has 0 aliphatic rings. The van der Waals surface area contributed by atoms with E-state index in [4.69, 9.17) is 5.11 Å². The first-order chi connectivity index (χ1) is 11.1. The molecule has 0 amide bonds. The molecule has 0 radical (unpaired) electrons. The normalized spacial score (nSPS) is 10.9. The molecule has 0 saturated carbocycles. The minimum absolute atomic E-state index is 0.121. The number of hydrogen-bond acceptors (Lipinski definition) is 5. The minimum atomic E-state index is -0.835. The first-order valence-corrected chi connectivity index (χ1v) is 7.26. The van der Waals surface area contributed by atoms with Crippen LogP contribution in [0.25, 0.3) is 11.1 Å². The second-order valence-corrected chi connectivity index (χ2v) is 4.82. The van der Waals surface area contributed by atoms with Crippen LogP contribution >= 0.6 is 0 Å². The highest BCUT2D eigenvalue weighted by Gasteiger charge is 2.05. The summed E-state index contributed by atoms with van der Waals surface area (Å²) in [5, 5.41) is 24.8. The molecule has 0 fully saturated rings. The van der Waals surface area contributed by atoms with Crippen molar-refractivity contribution in [3.8, 4) is 11.1 Å². The van der Waals surface area contributed by atoms with Crippen molar-refractivity contribution in [3.63, 3.8) is 0 Å². The van der Waals surface area contributed by atoms with E-state index in [1.807, 2.05) is 43.3 Å². The van der Waals surface area contributed by atoms with E-state index < -0.39 is 5.03 Å². The Balaban J connectivity index is 2.14. The van der Waals surface area contributed by atoms with Gasteiger partial charge < -0.3 is 20.1 Å². The lowest BCUT2D eigenvalue weighted by molar-refractivity contribution is -0.493. The molecule has 7 heteroatoms. The van der Waals surface area contributed by atoms with Crippen molar-refractivity contribution >= 4 is 11.4 Å². The highest BCUT2D eigenvalue weighted by molar-refractivity contribution is 5.67. The molecule has 1 N–H and O–H groups in total. The van der Waals surface area contributed by atoms with Gasteiger partial charge in [-0.25, -0.2) is 0 Å². The number of anilines is 1. The summed E-state index contributed by atoms with van der Waals surface area (Å²) < 4.78 is 0. The van der Waals surface area contributed by atoms with Crippen LogP contribution in [-0.2, 0) is 0 Å². The number of rotatable bonds is 7. The molecule has 23 heavy (non-hydrogen) atoms. The topological polar surface area (TPSA) is 91.3 Å². The zero-order valence-corrected chi connectivity index (χ0v) is 12.8. The van der Waals surface area contributed by atoms with E-state index in [-0.39, 0.29) is 6.61 Å². The van der Waals surface area contributed by atoms with Gasteiger partial charge in [0.1, 0.15) is 0 Å². The Kier molecular flexibility index (Phi) is 5.76. The first kappa shape index (κ1) is 16.6. The fraction of sp³-hybridized carbons (Fsp3) is 0.250. The number of benzene rings is 2. The maximum atomic E-state index is 10.1. The molecule has 0 aliphatic heterocycles. The number of aliphatic hydroxyl groups is 1. The molecule has 0 unspecified atom stereocenters. The number of nitrogens with zero attached hydrogens (tertiary/aromatic N) is 4. The Morgan fingerprint density at radius 2 is 1.65 bits per heavy atom. The van der Waals surface area contributed by atoms with Crippen molar-refractivity contribution in [2.24, 2.45) is 10.3 Å². The lowest BCUT2D eigenvalue weighted by atomic mass is 10.0. The zero-order chi connectivity index (χ0) is 16.7. The summed E-state index contributed by atoms with van der Waals surface area (Å²) in [4.78, 5) is 12.2. The Morgan fingerprint density at radius 3 is 2.13 bits per heavy atom. The molecule has 0 aromatic heterocycles. The predicted octanol–water partition coefficient (Wildman–Crippen LogP) is 3.45. The third kappa shape index (κ3) is 4.58. The van der Waals surface area contributed by atoms with Crippen LogP contribution < -0.4 is 4.90 Å². The number of nitro groups is 1. The van der Waals surface area contributed by atoms with Gasteiger partial charge in [0.15, 0.2) is 5.22 Å². The fourth-order valence-electron chi connectivity index (χ4n) is 2.26. The van der Waals surface area contributed by atoms with E-state index in [2.05, 4.69) is 15.2 Å². The average molecular weight is 314 g/mol. The Labute approximate surface area is 134 Å². The molecule has 0 heterocycles. The smallest absolute Gasteiger partial charge is 0.203 e. The Bertz CT molecular complexity index is 669. The van der Waals surface area contributed by atoms with E-state index in [0.717, 1.165) is 23.4 Å². The van der Waals surface area contributed by atoms with Gasteiger partial charge in [0.05, 0.1) is 16.8 Å². The predicted molar refractivity (Wildman–Crippen MR) is 88.4 cm³/mol. The van der Waals surface area contributed by atoms with Crippen molar-refractivity contribution in [1.29, 1.82) is 0 Å². The van der Waals surface area contributed by atoms with E-state index in [0.29, 0.717) is 12.2 Å². The van der Waals surface area contributed by atoms with Gasteiger partial charge in [-0.15, -0.1) is 0 Å².